The van der Waals surface area contributed by atoms with E-state index in [9.17, 15) is 14.7 Å². The molecular weight excluding hydrogens is 304 g/mol. The van der Waals surface area contributed by atoms with E-state index in [4.69, 9.17) is 0 Å². The van der Waals surface area contributed by atoms with Gasteiger partial charge in [0, 0.05) is 6.42 Å². The minimum absolute atomic E-state index is 0.0452. The zero-order chi connectivity index (χ0) is 17.4. The van der Waals surface area contributed by atoms with Crippen LogP contribution < -0.4 is 10.6 Å². The highest BCUT2D eigenvalue weighted by Crippen LogP contribution is 2.26. The number of nitrogens with one attached hydrogen (secondary N) is 2. The molecule has 1 fully saturated rings. The summed E-state index contributed by atoms with van der Waals surface area (Å²) in [5.41, 5.74) is -0.394. The lowest BCUT2D eigenvalue weighted by Gasteiger charge is -2.24. The SMILES string of the molecule is CC(O)(CNC(=O)CNC(=O)CC1CCCCC1)c1ccccc1. The van der Waals surface area contributed by atoms with Gasteiger partial charge in [0.25, 0.3) is 0 Å². The maximum atomic E-state index is 11.9. The molecule has 0 radical (unpaired) electrons. The molecule has 0 heterocycles. The van der Waals surface area contributed by atoms with Gasteiger partial charge in [0.2, 0.25) is 11.8 Å². The summed E-state index contributed by atoms with van der Waals surface area (Å²) in [4.78, 5) is 23.8. The third-order valence-corrected chi connectivity index (χ3v) is 4.67. The maximum Gasteiger partial charge on any atom is 0.239 e. The molecule has 3 N–H and O–H groups in total. The molecule has 24 heavy (non-hydrogen) atoms. The minimum atomic E-state index is -1.14. The average Bonchev–Trinajstić information content (AvgIpc) is 2.60. The number of rotatable bonds is 7. The number of hydrogen-bond acceptors (Lipinski definition) is 3. The lowest BCUT2D eigenvalue weighted by atomic mass is 9.87. The van der Waals surface area contributed by atoms with Crippen LogP contribution in [-0.4, -0.2) is 30.0 Å². The van der Waals surface area contributed by atoms with Gasteiger partial charge >= 0.3 is 0 Å². The van der Waals surface area contributed by atoms with Crippen molar-refractivity contribution in [3.63, 3.8) is 0 Å². The van der Waals surface area contributed by atoms with E-state index in [1.54, 1.807) is 6.92 Å². The predicted octanol–water partition coefficient (Wildman–Crippen LogP) is 2.10. The van der Waals surface area contributed by atoms with Gasteiger partial charge < -0.3 is 15.7 Å². The molecule has 5 nitrogen and oxygen atoms in total. The van der Waals surface area contributed by atoms with Crippen LogP contribution in [0.15, 0.2) is 30.3 Å². The summed E-state index contributed by atoms with van der Waals surface area (Å²) in [5.74, 6) is 0.107. The highest BCUT2D eigenvalue weighted by Gasteiger charge is 2.23. The van der Waals surface area contributed by atoms with Crippen LogP contribution in [0, 0.1) is 5.92 Å². The molecule has 1 aromatic carbocycles. The molecule has 1 aliphatic carbocycles. The van der Waals surface area contributed by atoms with E-state index in [2.05, 4.69) is 10.6 Å². The normalized spacial score (nSPS) is 17.8. The summed E-state index contributed by atoms with van der Waals surface area (Å²) in [5, 5.41) is 15.8. The summed E-state index contributed by atoms with van der Waals surface area (Å²) in [6.07, 6.45) is 6.40. The molecule has 1 unspecified atom stereocenters. The van der Waals surface area contributed by atoms with Crippen molar-refractivity contribution in [3.8, 4) is 0 Å². The van der Waals surface area contributed by atoms with Crippen molar-refractivity contribution in [2.45, 2.75) is 51.0 Å². The first-order valence-corrected chi connectivity index (χ1v) is 8.79. The van der Waals surface area contributed by atoms with Crippen LogP contribution in [0.5, 0.6) is 0 Å². The van der Waals surface area contributed by atoms with Crippen LogP contribution in [-0.2, 0) is 15.2 Å². The van der Waals surface area contributed by atoms with E-state index in [1.807, 2.05) is 30.3 Å². The predicted molar refractivity (Wildman–Crippen MR) is 93.2 cm³/mol. The Balaban J connectivity index is 1.68. The Morgan fingerprint density at radius 2 is 1.75 bits per heavy atom. The lowest BCUT2D eigenvalue weighted by Crippen LogP contribution is -2.43. The first-order chi connectivity index (χ1) is 11.5. The zero-order valence-electron chi connectivity index (χ0n) is 14.4. The number of carbonyl (C=O) groups is 2. The van der Waals surface area contributed by atoms with Crippen molar-refractivity contribution >= 4 is 11.8 Å². The standard InChI is InChI=1S/C19H28N2O3/c1-19(24,16-10-6-3-7-11-16)14-21-18(23)13-20-17(22)12-15-8-4-2-5-9-15/h3,6-7,10-11,15,24H,2,4-5,8-9,12-14H2,1H3,(H,20,22)(H,21,23). The van der Waals surface area contributed by atoms with Crippen LogP contribution in [0.4, 0.5) is 0 Å². The zero-order valence-corrected chi connectivity index (χ0v) is 14.4. The topological polar surface area (TPSA) is 78.4 Å². The van der Waals surface area contributed by atoms with Crippen molar-refractivity contribution in [2.24, 2.45) is 5.92 Å². The second kappa shape index (κ2) is 8.83. The van der Waals surface area contributed by atoms with Crippen molar-refractivity contribution in [3.05, 3.63) is 35.9 Å². The Kier molecular flexibility index (Phi) is 6.79. The number of benzene rings is 1. The number of amides is 2. The molecule has 0 spiro atoms. The van der Waals surface area contributed by atoms with E-state index >= 15 is 0 Å². The van der Waals surface area contributed by atoms with Crippen molar-refractivity contribution in [1.29, 1.82) is 0 Å². The molecule has 0 bridgehead atoms. The summed E-state index contributed by atoms with van der Waals surface area (Å²) in [6, 6.07) is 9.20. The van der Waals surface area contributed by atoms with Gasteiger partial charge in [-0.2, -0.15) is 0 Å². The molecule has 0 aliphatic heterocycles. The number of carbonyl (C=O) groups excluding carboxylic acids is 2. The van der Waals surface area contributed by atoms with Crippen LogP contribution in [0.25, 0.3) is 0 Å². The smallest absolute Gasteiger partial charge is 0.239 e. The molecule has 1 saturated carbocycles. The molecule has 2 amide bonds. The molecule has 1 atom stereocenters. The number of aliphatic hydroxyl groups is 1. The quantitative estimate of drug-likeness (QED) is 0.715. The van der Waals surface area contributed by atoms with Gasteiger partial charge in [0.15, 0.2) is 0 Å². The van der Waals surface area contributed by atoms with E-state index in [0.29, 0.717) is 12.3 Å². The van der Waals surface area contributed by atoms with Crippen LogP contribution in [0.2, 0.25) is 0 Å². The van der Waals surface area contributed by atoms with Gasteiger partial charge in [-0.25, -0.2) is 0 Å². The molecule has 0 aromatic heterocycles. The fourth-order valence-corrected chi connectivity index (χ4v) is 3.14. The van der Waals surface area contributed by atoms with Gasteiger partial charge in [-0.3, -0.25) is 9.59 Å². The molecular formula is C19H28N2O3. The van der Waals surface area contributed by atoms with Crippen LogP contribution >= 0.6 is 0 Å². The summed E-state index contributed by atoms with van der Waals surface area (Å²) in [6.45, 7) is 1.72. The minimum Gasteiger partial charge on any atom is -0.384 e. The Bertz CT molecular complexity index is 537. The summed E-state index contributed by atoms with van der Waals surface area (Å²) < 4.78 is 0. The van der Waals surface area contributed by atoms with Gasteiger partial charge in [0.1, 0.15) is 5.60 Å². The van der Waals surface area contributed by atoms with Gasteiger partial charge in [-0.05, 0) is 31.2 Å². The van der Waals surface area contributed by atoms with E-state index in [0.717, 1.165) is 18.4 Å². The monoisotopic (exact) mass is 332 g/mol. The average molecular weight is 332 g/mol. The summed E-state index contributed by atoms with van der Waals surface area (Å²) in [7, 11) is 0. The molecule has 1 aromatic rings. The third-order valence-electron chi connectivity index (χ3n) is 4.67. The summed E-state index contributed by atoms with van der Waals surface area (Å²) >= 11 is 0. The molecule has 132 valence electrons. The second-order valence-corrected chi connectivity index (χ2v) is 6.90. The van der Waals surface area contributed by atoms with Crippen LogP contribution in [0.1, 0.15) is 51.0 Å². The first-order valence-electron chi connectivity index (χ1n) is 8.79. The Morgan fingerprint density at radius 1 is 1.08 bits per heavy atom. The van der Waals surface area contributed by atoms with Gasteiger partial charge in [-0.15, -0.1) is 0 Å². The Hall–Kier alpha value is -1.88. The highest BCUT2D eigenvalue weighted by atomic mass is 16.3. The van der Waals surface area contributed by atoms with Gasteiger partial charge in [-0.1, -0.05) is 49.6 Å². The second-order valence-electron chi connectivity index (χ2n) is 6.90. The van der Waals surface area contributed by atoms with Crippen molar-refractivity contribution < 1.29 is 14.7 Å². The Morgan fingerprint density at radius 3 is 2.42 bits per heavy atom. The van der Waals surface area contributed by atoms with Gasteiger partial charge in [0.05, 0.1) is 13.1 Å². The first kappa shape index (κ1) is 18.5. The number of hydrogen-bond donors (Lipinski definition) is 3. The molecule has 1 aliphatic rings. The fourth-order valence-electron chi connectivity index (χ4n) is 3.14. The van der Waals surface area contributed by atoms with Crippen molar-refractivity contribution in [2.75, 3.05) is 13.1 Å². The maximum absolute atomic E-state index is 11.9. The largest absolute Gasteiger partial charge is 0.384 e. The van der Waals surface area contributed by atoms with Crippen molar-refractivity contribution in [1.82, 2.24) is 10.6 Å². The fraction of sp³-hybridized carbons (Fsp3) is 0.579. The van der Waals surface area contributed by atoms with Crippen LogP contribution in [0.3, 0.4) is 0 Å². The van der Waals surface area contributed by atoms with E-state index in [-0.39, 0.29) is 24.9 Å². The van der Waals surface area contributed by atoms with E-state index in [1.165, 1.54) is 19.3 Å². The molecule has 5 heteroatoms. The molecule has 0 saturated heterocycles. The lowest BCUT2D eigenvalue weighted by molar-refractivity contribution is -0.127. The molecule has 2 rings (SSSR count). The highest BCUT2D eigenvalue weighted by molar-refractivity contribution is 5.84. The third kappa shape index (κ3) is 5.96. The Labute approximate surface area is 143 Å². The van der Waals surface area contributed by atoms with E-state index < -0.39 is 5.60 Å².